The van der Waals surface area contributed by atoms with E-state index in [-0.39, 0.29) is 0 Å². The predicted octanol–water partition coefficient (Wildman–Crippen LogP) is 17.9. The Morgan fingerprint density at radius 3 is 1.48 bits per heavy atom. The average molecular weight is 839 g/mol. The van der Waals surface area contributed by atoms with Crippen LogP contribution in [-0.4, -0.2) is 4.57 Å². The van der Waals surface area contributed by atoms with Gasteiger partial charge in [-0.1, -0.05) is 206 Å². The first kappa shape index (κ1) is 37.8. The number of nitrogens with zero attached hydrogens (tertiary/aromatic N) is 2. The van der Waals surface area contributed by atoms with Crippen molar-refractivity contribution in [3.8, 4) is 39.1 Å². The predicted molar refractivity (Wildman–Crippen MR) is 282 cm³/mol. The molecule has 2 nitrogen and oxygen atoms in total. The van der Waals surface area contributed by atoms with Crippen molar-refractivity contribution in [3.05, 3.63) is 255 Å². The monoisotopic (exact) mass is 838 g/mol. The van der Waals surface area contributed by atoms with Crippen LogP contribution in [0.15, 0.2) is 255 Å². The maximum atomic E-state index is 2.47. The summed E-state index contributed by atoms with van der Waals surface area (Å²) in [6.45, 7) is 0. The molecule has 0 spiro atoms. The highest BCUT2D eigenvalue weighted by Crippen LogP contribution is 2.47. The molecule has 0 bridgehead atoms. The standard InChI is InChI=1S/C64H42N2/c1-2-20-47-42-64-59(41-46(47)19-1)58-29-11-14-34-62(58)66(64)60-32-12-9-25-51(60)45-35-37-48(38-36-45)65(61-33-13-10-28-56(61)53-31-16-22-44-18-4-6-24-50(44)53)63-40-39-55(54-26-7-8-27-57(54)63)52-30-15-21-43-17-3-5-23-49(43)52/h1-42H. The zero-order valence-electron chi connectivity index (χ0n) is 36.1. The van der Waals surface area contributed by atoms with Crippen LogP contribution in [0.3, 0.4) is 0 Å². The number of fused-ring (bicyclic) bond motifs is 7. The van der Waals surface area contributed by atoms with Gasteiger partial charge in [0.05, 0.1) is 28.1 Å². The molecule has 0 saturated carbocycles. The number of rotatable bonds is 7. The Balaban J connectivity index is 1.01. The first-order valence-corrected chi connectivity index (χ1v) is 22.8. The van der Waals surface area contributed by atoms with E-state index in [2.05, 4.69) is 264 Å². The molecule has 0 unspecified atom stereocenters. The topological polar surface area (TPSA) is 8.17 Å². The van der Waals surface area contributed by atoms with E-state index >= 15 is 0 Å². The van der Waals surface area contributed by atoms with Gasteiger partial charge in [0.2, 0.25) is 0 Å². The van der Waals surface area contributed by atoms with Gasteiger partial charge in [-0.25, -0.2) is 0 Å². The molecular formula is C64H42N2. The highest BCUT2D eigenvalue weighted by atomic mass is 15.1. The molecule has 0 fully saturated rings. The molecule has 0 saturated heterocycles. The van der Waals surface area contributed by atoms with E-state index in [0.717, 1.165) is 28.3 Å². The first-order chi connectivity index (χ1) is 32.8. The lowest BCUT2D eigenvalue weighted by Gasteiger charge is -2.30. The lowest BCUT2D eigenvalue weighted by atomic mass is 9.92. The van der Waals surface area contributed by atoms with Crippen LogP contribution in [0.4, 0.5) is 17.1 Å². The summed E-state index contributed by atoms with van der Waals surface area (Å²) in [5, 5.41) is 12.3. The fourth-order valence-electron chi connectivity index (χ4n) is 10.6. The molecule has 13 aromatic rings. The van der Waals surface area contributed by atoms with Crippen LogP contribution in [0.2, 0.25) is 0 Å². The quantitative estimate of drug-likeness (QED) is 0.155. The van der Waals surface area contributed by atoms with E-state index < -0.39 is 0 Å². The fourth-order valence-corrected chi connectivity index (χ4v) is 10.6. The minimum Gasteiger partial charge on any atom is -0.309 e. The first-order valence-electron chi connectivity index (χ1n) is 22.8. The number of hydrogen-bond acceptors (Lipinski definition) is 1. The van der Waals surface area contributed by atoms with E-state index in [4.69, 9.17) is 0 Å². The smallest absolute Gasteiger partial charge is 0.0547 e. The Bertz CT molecular complexity index is 4000. The minimum absolute atomic E-state index is 1.08. The third kappa shape index (κ3) is 6.11. The van der Waals surface area contributed by atoms with Crippen molar-refractivity contribution in [1.29, 1.82) is 0 Å². The molecular weight excluding hydrogens is 797 g/mol. The molecule has 0 aliphatic carbocycles. The number of benzene rings is 12. The number of aromatic nitrogens is 1. The highest BCUT2D eigenvalue weighted by Gasteiger charge is 2.23. The van der Waals surface area contributed by atoms with Crippen LogP contribution in [-0.2, 0) is 0 Å². The van der Waals surface area contributed by atoms with E-state index in [1.54, 1.807) is 0 Å². The van der Waals surface area contributed by atoms with Crippen LogP contribution in [0, 0.1) is 0 Å². The van der Waals surface area contributed by atoms with Gasteiger partial charge in [0, 0.05) is 33.0 Å². The van der Waals surface area contributed by atoms with E-state index in [9.17, 15) is 0 Å². The number of para-hydroxylation sites is 3. The van der Waals surface area contributed by atoms with Crippen molar-refractivity contribution < 1.29 is 0 Å². The molecule has 66 heavy (non-hydrogen) atoms. The van der Waals surface area contributed by atoms with Crippen molar-refractivity contribution in [3.63, 3.8) is 0 Å². The highest BCUT2D eigenvalue weighted by molar-refractivity contribution is 6.15. The van der Waals surface area contributed by atoms with Gasteiger partial charge in [-0.2, -0.15) is 0 Å². The van der Waals surface area contributed by atoms with Gasteiger partial charge in [-0.15, -0.1) is 0 Å². The van der Waals surface area contributed by atoms with Gasteiger partial charge in [0.1, 0.15) is 0 Å². The zero-order valence-corrected chi connectivity index (χ0v) is 36.1. The zero-order chi connectivity index (χ0) is 43.6. The van der Waals surface area contributed by atoms with Gasteiger partial charge in [0.25, 0.3) is 0 Å². The fraction of sp³-hybridized carbons (Fsp3) is 0. The molecule has 1 heterocycles. The van der Waals surface area contributed by atoms with Gasteiger partial charge in [0.15, 0.2) is 0 Å². The van der Waals surface area contributed by atoms with E-state index in [0.29, 0.717) is 0 Å². The Morgan fingerprint density at radius 2 is 0.758 bits per heavy atom. The van der Waals surface area contributed by atoms with E-state index in [1.165, 1.54) is 92.7 Å². The van der Waals surface area contributed by atoms with Gasteiger partial charge >= 0.3 is 0 Å². The van der Waals surface area contributed by atoms with Crippen molar-refractivity contribution in [2.45, 2.75) is 0 Å². The third-order valence-corrected chi connectivity index (χ3v) is 13.6. The minimum atomic E-state index is 1.08. The van der Waals surface area contributed by atoms with Crippen molar-refractivity contribution in [2.24, 2.45) is 0 Å². The van der Waals surface area contributed by atoms with E-state index in [1.807, 2.05) is 0 Å². The second kappa shape index (κ2) is 15.5. The van der Waals surface area contributed by atoms with Crippen LogP contribution in [0.25, 0.3) is 104 Å². The molecule has 12 aromatic carbocycles. The molecule has 0 radical (unpaired) electrons. The number of hydrogen-bond donors (Lipinski definition) is 0. The summed E-state index contributed by atoms with van der Waals surface area (Å²) in [5.74, 6) is 0. The van der Waals surface area contributed by atoms with Crippen molar-refractivity contribution >= 4 is 82.0 Å². The SMILES string of the molecule is c1ccc(N(c2ccc(-c3ccccc3-n3c4ccccc4c4cc5ccccc5cc43)cc2)c2ccc(-c3cccc4ccccc34)c3ccccc23)c(-c2cccc3ccccc23)c1. The largest absolute Gasteiger partial charge is 0.309 e. The van der Waals surface area contributed by atoms with Crippen molar-refractivity contribution in [2.75, 3.05) is 4.90 Å². The molecule has 308 valence electrons. The molecule has 0 atom stereocenters. The Kier molecular flexibility index (Phi) is 8.89. The lowest BCUT2D eigenvalue weighted by Crippen LogP contribution is -2.12. The molecule has 13 rings (SSSR count). The Morgan fingerprint density at radius 1 is 0.258 bits per heavy atom. The number of anilines is 3. The Hall–Kier alpha value is -8.72. The molecule has 0 aliphatic rings. The summed E-state index contributed by atoms with van der Waals surface area (Å²) in [5.41, 5.74) is 14.0. The lowest BCUT2D eigenvalue weighted by molar-refractivity contribution is 1.18. The van der Waals surface area contributed by atoms with Crippen LogP contribution < -0.4 is 4.90 Å². The molecule has 0 aliphatic heterocycles. The summed E-state index contributed by atoms with van der Waals surface area (Å²) in [7, 11) is 0. The van der Waals surface area contributed by atoms with Gasteiger partial charge in [-0.3, -0.25) is 0 Å². The normalized spacial score (nSPS) is 11.6. The average Bonchev–Trinajstić information content (AvgIpc) is 3.71. The van der Waals surface area contributed by atoms with Gasteiger partial charge in [-0.05, 0) is 108 Å². The third-order valence-electron chi connectivity index (χ3n) is 13.6. The Labute approximate surface area is 383 Å². The summed E-state index contributed by atoms with van der Waals surface area (Å²) in [6, 6.07) is 93.4. The summed E-state index contributed by atoms with van der Waals surface area (Å²) in [6.07, 6.45) is 0. The maximum Gasteiger partial charge on any atom is 0.0547 e. The molecule has 1 aromatic heterocycles. The molecule has 0 amide bonds. The molecule has 2 heteroatoms. The van der Waals surface area contributed by atoms with Gasteiger partial charge < -0.3 is 9.47 Å². The summed E-state index contributed by atoms with van der Waals surface area (Å²) in [4.78, 5) is 2.47. The summed E-state index contributed by atoms with van der Waals surface area (Å²) >= 11 is 0. The molecule has 0 N–H and O–H groups in total. The maximum absolute atomic E-state index is 2.47. The second-order valence-electron chi connectivity index (χ2n) is 17.2. The summed E-state index contributed by atoms with van der Waals surface area (Å²) < 4.78 is 2.46. The van der Waals surface area contributed by atoms with Crippen molar-refractivity contribution in [1.82, 2.24) is 4.57 Å². The van der Waals surface area contributed by atoms with Crippen LogP contribution in [0.1, 0.15) is 0 Å². The second-order valence-corrected chi connectivity index (χ2v) is 17.2. The van der Waals surface area contributed by atoms with Crippen LogP contribution >= 0.6 is 0 Å². The van der Waals surface area contributed by atoms with Crippen LogP contribution in [0.5, 0.6) is 0 Å².